The fourth-order valence-electron chi connectivity index (χ4n) is 3.21. The van der Waals surface area contributed by atoms with Crippen LogP contribution in [0.3, 0.4) is 0 Å². The molecular formula is C12H19N3O3S. The molecule has 106 valence electrons. The largest absolute Gasteiger partial charge is 0.324 e. The molecule has 0 aromatic heterocycles. The van der Waals surface area contributed by atoms with Crippen LogP contribution in [-0.2, 0) is 14.8 Å². The van der Waals surface area contributed by atoms with Crippen molar-refractivity contribution in [1.29, 1.82) is 5.26 Å². The number of likely N-dealkylation sites (tertiary alicyclic amines) is 1. The highest BCUT2D eigenvalue weighted by Crippen LogP contribution is 2.37. The summed E-state index contributed by atoms with van der Waals surface area (Å²) in [5.74, 6) is -0.580. The summed E-state index contributed by atoms with van der Waals surface area (Å²) in [7, 11) is -3.57. The number of rotatable bonds is 3. The average Bonchev–Trinajstić information content (AvgIpc) is 2.69. The van der Waals surface area contributed by atoms with Gasteiger partial charge in [0.2, 0.25) is 15.9 Å². The molecule has 1 unspecified atom stereocenters. The molecule has 0 bridgehead atoms. The Balaban J connectivity index is 2.13. The minimum Gasteiger partial charge on any atom is -0.324 e. The molecule has 1 saturated heterocycles. The summed E-state index contributed by atoms with van der Waals surface area (Å²) in [4.78, 5) is 13.7. The fourth-order valence-corrected chi connectivity index (χ4v) is 4.09. The molecule has 1 aliphatic heterocycles. The zero-order chi connectivity index (χ0) is 14.1. The van der Waals surface area contributed by atoms with Gasteiger partial charge in [0, 0.05) is 18.9 Å². The molecule has 6 nitrogen and oxygen atoms in total. The SMILES string of the molecule is N#CC1(N2CC(CS(N)(=O)=O)CC2=O)CCCCC1. The number of carbonyl (C=O) groups excluding carboxylic acids is 1. The van der Waals surface area contributed by atoms with Gasteiger partial charge in [-0.3, -0.25) is 4.79 Å². The molecule has 1 aliphatic carbocycles. The smallest absolute Gasteiger partial charge is 0.224 e. The number of hydrogen-bond donors (Lipinski definition) is 1. The van der Waals surface area contributed by atoms with E-state index in [0.29, 0.717) is 19.4 Å². The number of nitrogens with two attached hydrogens (primary N) is 1. The molecule has 0 aromatic rings. The predicted octanol–water partition coefficient (Wildman–Crippen LogP) is 0.350. The van der Waals surface area contributed by atoms with Gasteiger partial charge in [-0.15, -0.1) is 0 Å². The van der Waals surface area contributed by atoms with Crippen LogP contribution in [0.25, 0.3) is 0 Å². The van der Waals surface area contributed by atoms with E-state index in [1.807, 2.05) is 0 Å². The Hall–Kier alpha value is -1.13. The van der Waals surface area contributed by atoms with Gasteiger partial charge in [-0.1, -0.05) is 19.3 Å². The Kier molecular flexibility index (Phi) is 3.83. The first kappa shape index (κ1) is 14.3. The topological polar surface area (TPSA) is 104 Å². The summed E-state index contributed by atoms with van der Waals surface area (Å²) in [6, 6.07) is 2.30. The van der Waals surface area contributed by atoms with Crippen molar-refractivity contribution in [3.63, 3.8) is 0 Å². The molecule has 2 aliphatic rings. The number of amides is 1. The van der Waals surface area contributed by atoms with Gasteiger partial charge in [0.05, 0.1) is 11.8 Å². The molecule has 2 N–H and O–H groups in total. The van der Waals surface area contributed by atoms with E-state index < -0.39 is 15.6 Å². The first-order chi connectivity index (χ1) is 8.86. The number of carbonyl (C=O) groups is 1. The Bertz CT molecular complexity index is 503. The van der Waals surface area contributed by atoms with Crippen LogP contribution in [0.2, 0.25) is 0 Å². The molecule has 19 heavy (non-hydrogen) atoms. The summed E-state index contributed by atoms with van der Waals surface area (Å²) in [5, 5.41) is 14.5. The Morgan fingerprint density at radius 3 is 2.53 bits per heavy atom. The second-order valence-electron chi connectivity index (χ2n) is 5.61. The molecule has 1 saturated carbocycles. The van der Waals surface area contributed by atoms with E-state index in [-0.39, 0.29) is 24.0 Å². The van der Waals surface area contributed by atoms with Gasteiger partial charge in [-0.25, -0.2) is 13.6 Å². The quantitative estimate of drug-likeness (QED) is 0.807. The maximum Gasteiger partial charge on any atom is 0.224 e. The van der Waals surface area contributed by atoms with Crippen molar-refractivity contribution in [2.24, 2.45) is 11.1 Å². The van der Waals surface area contributed by atoms with Gasteiger partial charge in [-0.2, -0.15) is 5.26 Å². The van der Waals surface area contributed by atoms with Crippen molar-refractivity contribution in [1.82, 2.24) is 4.90 Å². The second-order valence-corrected chi connectivity index (χ2v) is 7.27. The third-order valence-electron chi connectivity index (χ3n) is 4.08. The first-order valence-corrected chi connectivity index (χ1v) is 8.30. The lowest BCUT2D eigenvalue weighted by Gasteiger charge is -2.39. The lowest BCUT2D eigenvalue weighted by Crippen LogP contribution is -2.50. The minimum atomic E-state index is -3.57. The van der Waals surface area contributed by atoms with Crippen molar-refractivity contribution in [3.8, 4) is 6.07 Å². The third kappa shape index (κ3) is 3.07. The minimum absolute atomic E-state index is 0.114. The lowest BCUT2D eigenvalue weighted by atomic mass is 9.81. The molecule has 1 amide bonds. The highest BCUT2D eigenvalue weighted by Gasteiger charge is 2.45. The highest BCUT2D eigenvalue weighted by molar-refractivity contribution is 7.89. The molecule has 2 rings (SSSR count). The zero-order valence-electron chi connectivity index (χ0n) is 10.8. The van der Waals surface area contributed by atoms with Gasteiger partial charge in [0.1, 0.15) is 5.54 Å². The normalized spacial score (nSPS) is 27.3. The molecule has 0 radical (unpaired) electrons. The van der Waals surface area contributed by atoms with E-state index in [1.54, 1.807) is 4.90 Å². The summed E-state index contributed by atoms with van der Waals surface area (Å²) < 4.78 is 22.2. The van der Waals surface area contributed by atoms with Crippen LogP contribution in [0, 0.1) is 17.2 Å². The van der Waals surface area contributed by atoms with Gasteiger partial charge in [0.25, 0.3) is 0 Å². The number of nitriles is 1. The first-order valence-electron chi connectivity index (χ1n) is 6.58. The molecule has 2 fully saturated rings. The van der Waals surface area contributed by atoms with Crippen molar-refractivity contribution >= 4 is 15.9 Å². The number of nitrogens with zero attached hydrogens (tertiary/aromatic N) is 2. The van der Waals surface area contributed by atoms with Gasteiger partial charge >= 0.3 is 0 Å². The van der Waals surface area contributed by atoms with E-state index in [0.717, 1.165) is 19.3 Å². The molecule has 1 heterocycles. The molecular weight excluding hydrogens is 266 g/mol. The van der Waals surface area contributed by atoms with Crippen molar-refractivity contribution in [3.05, 3.63) is 0 Å². The molecule has 1 atom stereocenters. The maximum atomic E-state index is 12.1. The Labute approximate surface area is 113 Å². The molecule has 0 spiro atoms. The molecule has 0 aromatic carbocycles. The summed E-state index contributed by atoms with van der Waals surface area (Å²) in [5.41, 5.74) is -0.720. The summed E-state index contributed by atoms with van der Waals surface area (Å²) >= 11 is 0. The van der Waals surface area contributed by atoms with Crippen LogP contribution in [-0.4, -0.2) is 37.1 Å². The van der Waals surface area contributed by atoms with Gasteiger partial charge < -0.3 is 4.90 Å². The summed E-state index contributed by atoms with van der Waals surface area (Å²) in [6.45, 7) is 0.336. The van der Waals surface area contributed by atoms with Crippen molar-refractivity contribution in [2.75, 3.05) is 12.3 Å². The maximum absolute atomic E-state index is 12.1. The Morgan fingerprint density at radius 1 is 1.37 bits per heavy atom. The van der Waals surface area contributed by atoms with Crippen LogP contribution in [0.1, 0.15) is 38.5 Å². The standard InChI is InChI=1S/C12H19N3O3S/c13-9-12(4-2-1-3-5-12)15-7-10(6-11(15)16)8-19(14,17)18/h10H,1-8H2,(H2,14,17,18). The van der Waals surface area contributed by atoms with E-state index in [4.69, 9.17) is 5.14 Å². The van der Waals surface area contributed by atoms with E-state index in [1.165, 1.54) is 0 Å². The average molecular weight is 285 g/mol. The van der Waals surface area contributed by atoms with E-state index in [2.05, 4.69) is 6.07 Å². The second kappa shape index (κ2) is 5.10. The number of primary sulfonamides is 1. The Morgan fingerprint density at radius 2 is 2.00 bits per heavy atom. The van der Waals surface area contributed by atoms with Crippen LogP contribution in [0.4, 0.5) is 0 Å². The van der Waals surface area contributed by atoms with E-state index in [9.17, 15) is 18.5 Å². The number of hydrogen-bond acceptors (Lipinski definition) is 4. The fraction of sp³-hybridized carbons (Fsp3) is 0.833. The van der Waals surface area contributed by atoms with Gasteiger partial charge in [0.15, 0.2) is 0 Å². The predicted molar refractivity (Wildman–Crippen MR) is 69.2 cm³/mol. The number of sulfonamides is 1. The van der Waals surface area contributed by atoms with Crippen molar-refractivity contribution < 1.29 is 13.2 Å². The van der Waals surface area contributed by atoms with Crippen LogP contribution >= 0.6 is 0 Å². The van der Waals surface area contributed by atoms with Crippen LogP contribution in [0.15, 0.2) is 0 Å². The van der Waals surface area contributed by atoms with Gasteiger partial charge in [-0.05, 0) is 12.8 Å². The highest BCUT2D eigenvalue weighted by atomic mass is 32.2. The van der Waals surface area contributed by atoms with Crippen LogP contribution in [0.5, 0.6) is 0 Å². The third-order valence-corrected chi connectivity index (χ3v) is 5.01. The van der Waals surface area contributed by atoms with Crippen molar-refractivity contribution in [2.45, 2.75) is 44.1 Å². The van der Waals surface area contributed by atoms with Crippen LogP contribution < -0.4 is 5.14 Å². The summed E-state index contributed by atoms with van der Waals surface area (Å²) in [6.07, 6.45) is 4.54. The van der Waals surface area contributed by atoms with E-state index >= 15 is 0 Å². The zero-order valence-corrected chi connectivity index (χ0v) is 11.7. The monoisotopic (exact) mass is 285 g/mol. The molecule has 7 heteroatoms. The lowest BCUT2D eigenvalue weighted by molar-refractivity contribution is -0.132.